The van der Waals surface area contributed by atoms with Crippen LogP contribution in [0.15, 0.2) is 54.6 Å². The molecule has 0 aliphatic heterocycles. The van der Waals surface area contributed by atoms with Gasteiger partial charge in [0.05, 0.1) is 0 Å². The van der Waals surface area contributed by atoms with Gasteiger partial charge in [0, 0.05) is 19.2 Å². The molecule has 4 nitrogen and oxygen atoms in total. The number of nitrogens with zero attached hydrogens (tertiary/aromatic N) is 2. The van der Waals surface area contributed by atoms with E-state index in [2.05, 4.69) is 83.0 Å². The van der Waals surface area contributed by atoms with Crippen LogP contribution >= 0.6 is 0 Å². The fourth-order valence-electron chi connectivity index (χ4n) is 2.64. The van der Waals surface area contributed by atoms with Crippen molar-refractivity contribution >= 4 is 11.6 Å². The van der Waals surface area contributed by atoms with Gasteiger partial charge in [-0.15, -0.1) is 0 Å². The summed E-state index contributed by atoms with van der Waals surface area (Å²) in [5, 5.41) is 6.78. The molecule has 0 amide bonds. The van der Waals surface area contributed by atoms with Gasteiger partial charge in [0.15, 0.2) is 0 Å². The highest BCUT2D eigenvalue weighted by atomic mass is 15.1. The highest BCUT2D eigenvalue weighted by molar-refractivity contribution is 5.48. The van der Waals surface area contributed by atoms with Gasteiger partial charge in [-0.3, -0.25) is 0 Å². The molecule has 1 heterocycles. The lowest BCUT2D eigenvalue weighted by Crippen LogP contribution is -2.07. The molecule has 0 aliphatic rings. The van der Waals surface area contributed by atoms with Gasteiger partial charge in [-0.2, -0.15) is 0 Å². The van der Waals surface area contributed by atoms with Gasteiger partial charge in [-0.05, 0) is 37.5 Å². The van der Waals surface area contributed by atoms with Crippen molar-refractivity contribution in [1.29, 1.82) is 0 Å². The summed E-state index contributed by atoms with van der Waals surface area (Å²) in [6, 6.07) is 18.8. The van der Waals surface area contributed by atoms with E-state index >= 15 is 0 Å². The standard InChI is InChI=1S/C21H24N4/c1-15-8-10-18(11-9-15)13-22-20-12-21(25-17(3)24-20)23-14-19-7-5-4-6-16(19)2/h4-12H,13-14H2,1-3H3,(H2,22,23,24,25). The Morgan fingerprint density at radius 1 is 0.760 bits per heavy atom. The summed E-state index contributed by atoms with van der Waals surface area (Å²) in [6.07, 6.45) is 0. The maximum Gasteiger partial charge on any atom is 0.132 e. The van der Waals surface area contributed by atoms with E-state index in [9.17, 15) is 0 Å². The maximum atomic E-state index is 4.48. The SMILES string of the molecule is Cc1ccc(CNc2cc(NCc3ccccc3C)nc(C)n2)cc1. The van der Waals surface area contributed by atoms with Crippen molar-refractivity contribution in [1.82, 2.24) is 9.97 Å². The first-order chi connectivity index (χ1) is 12.1. The first-order valence-corrected chi connectivity index (χ1v) is 8.53. The van der Waals surface area contributed by atoms with E-state index < -0.39 is 0 Å². The molecule has 0 saturated carbocycles. The Morgan fingerprint density at radius 3 is 2.08 bits per heavy atom. The molecule has 0 aliphatic carbocycles. The Labute approximate surface area is 149 Å². The molecule has 2 N–H and O–H groups in total. The predicted octanol–water partition coefficient (Wildman–Crippen LogP) is 4.63. The van der Waals surface area contributed by atoms with Crippen LogP contribution in [0.4, 0.5) is 11.6 Å². The molecular formula is C21H24N4. The summed E-state index contributed by atoms with van der Waals surface area (Å²) in [5.41, 5.74) is 5.05. The molecule has 3 aromatic rings. The average Bonchev–Trinajstić information content (AvgIpc) is 2.60. The van der Waals surface area contributed by atoms with Crippen LogP contribution in [0.2, 0.25) is 0 Å². The van der Waals surface area contributed by atoms with E-state index in [-0.39, 0.29) is 0 Å². The number of benzene rings is 2. The van der Waals surface area contributed by atoms with Gasteiger partial charge in [0.1, 0.15) is 17.5 Å². The van der Waals surface area contributed by atoms with E-state index in [4.69, 9.17) is 0 Å². The number of hydrogen-bond donors (Lipinski definition) is 2. The molecule has 0 bridgehead atoms. The van der Waals surface area contributed by atoms with Crippen LogP contribution in [0.1, 0.15) is 28.1 Å². The number of anilines is 2. The molecule has 0 fully saturated rings. The van der Waals surface area contributed by atoms with E-state index in [1.807, 2.05) is 13.0 Å². The van der Waals surface area contributed by atoms with Gasteiger partial charge in [0.2, 0.25) is 0 Å². The Hall–Kier alpha value is -2.88. The molecule has 1 aromatic heterocycles. The minimum atomic E-state index is 0.744. The molecule has 0 unspecified atom stereocenters. The van der Waals surface area contributed by atoms with E-state index in [0.717, 1.165) is 30.5 Å². The Balaban J connectivity index is 1.65. The Bertz CT molecular complexity index is 841. The van der Waals surface area contributed by atoms with E-state index in [0.29, 0.717) is 0 Å². The van der Waals surface area contributed by atoms with Gasteiger partial charge in [-0.1, -0.05) is 54.1 Å². The fourth-order valence-corrected chi connectivity index (χ4v) is 2.64. The average molecular weight is 332 g/mol. The van der Waals surface area contributed by atoms with Crippen molar-refractivity contribution in [2.75, 3.05) is 10.6 Å². The molecular weight excluding hydrogens is 308 g/mol. The molecule has 3 rings (SSSR count). The van der Waals surface area contributed by atoms with Crippen LogP contribution in [0, 0.1) is 20.8 Å². The second-order valence-electron chi connectivity index (χ2n) is 6.30. The summed E-state index contributed by atoms with van der Waals surface area (Å²) in [4.78, 5) is 8.96. The van der Waals surface area contributed by atoms with Gasteiger partial charge in [0.25, 0.3) is 0 Å². The highest BCUT2D eigenvalue weighted by Gasteiger charge is 2.03. The van der Waals surface area contributed by atoms with Gasteiger partial charge >= 0.3 is 0 Å². The number of nitrogens with one attached hydrogen (secondary N) is 2. The molecule has 2 aromatic carbocycles. The third-order valence-electron chi connectivity index (χ3n) is 4.15. The minimum Gasteiger partial charge on any atom is -0.366 e. The quantitative estimate of drug-likeness (QED) is 0.691. The molecule has 0 saturated heterocycles. The monoisotopic (exact) mass is 332 g/mol. The second-order valence-corrected chi connectivity index (χ2v) is 6.30. The smallest absolute Gasteiger partial charge is 0.132 e. The van der Waals surface area contributed by atoms with Crippen LogP contribution < -0.4 is 10.6 Å². The largest absolute Gasteiger partial charge is 0.366 e. The second kappa shape index (κ2) is 7.79. The van der Waals surface area contributed by atoms with Crippen molar-refractivity contribution in [3.8, 4) is 0 Å². The first-order valence-electron chi connectivity index (χ1n) is 8.53. The topological polar surface area (TPSA) is 49.8 Å². The number of rotatable bonds is 6. The molecule has 0 spiro atoms. The first kappa shape index (κ1) is 17.0. The number of aryl methyl sites for hydroxylation is 3. The summed E-state index contributed by atoms with van der Waals surface area (Å²) in [5.74, 6) is 2.42. The van der Waals surface area contributed by atoms with E-state index in [1.165, 1.54) is 22.3 Å². The zero-order valence-corrected chi connectivity index (χ0v) is 15.0. The normalized spacial score (nSPS) is 10.5. The summed E-state index contributed by atoms with van der Waals surface area (Å²) in [6.45, 7) is 7.62. The molecule has 0 radical (unpaired) electrons. The van der Waals surface area contributed by atoms with Crippen LogP contribution in [0.5, 0.6) is 0 Å². The third kappa shape index (κ3) is 4.80. The zero-order valence-electron chi connectivity index (χ0n) is 15.0. The summed E-state index contributed by atoms with van der Waals surface area (Å²) in [7, 11) is 0. The van der Waals surface area contributed by atoms with Crippen LogP contribution in [0.3, 0.4) is 0 Å². The number of hydrogen-bond acceptors (Lipinski definition) is 4. The lowest BCUT2D eigenvalue weighted by Gasteiger charge is -2.11. The maximum absolute atomic E-state index is 4.48. The molecule has 0 atom stereocenters. The predicted molar refractivity (Wildman–Crippen MR) is 104 cm³/mol. The molecule has 4 heteroatoms. The van der Waals surface area contributed by atoms with Crippen molar-refractivity contribution in [3.05, 3.63) is 82.7 Å². The Morgan fingerprint density at radius 2 is 1.40 bits per heavy atom. The highest BCUT2D eigenvalue weighted by Crippen LogP contribution is 2.15. The lowest BCUT2D eigenvalue weighted by molar-refractivity contribution is 1.00. The number of aromatic nitrogens is 2. The summed E-state index contributed by atoms with van der Waals surface area (Å²) >= 11 is 0. The fraction of sp³-hybridized carbons (Fsp3) is 0.238. The van der Waals surface area contributed by atoms with Crippen molar-refractivity contribution in [3.63, 3.8) is 0 Å². The lowest BCUT2D eigenvalue weighted by atomic mass is 10.1. The van der Waals surface area contributed by atoms with Crippen LogP contribution in [-0.2, 0) is 13.1 Å². The summed E-state index contributed by atoms with van der Waals surface area (Å²) < 4.78 is 0. The molecule has 128 valence electrons. The zero-order chi connectivity index (χ0) is 17.6. The van der Waals surface area contributed by atoms with Crippen LogP contribution in [-0.4, -0.2) is 9.97 Å². The Kier molecular flexibility index (Phi) is 5.29. The van der Waals surface area contributed by atoms with Crippen molar-refractivity contribution in [2.45, 2.75) is 33.9 Å². The van der Waals surface area contributed by atoms with Crippen molar-refractivity contribution < 1.29 is 0 Å². The van der Waals surface area contributed by atoms with Gasteiger partial charge < -0.3 is 10.6 Å². The van der Waals surface area contributed by atoms with E-state index in [1.54, 1.807) is 0 Å². The van der Waals surface area contributed by atoms with Gasteiger partial charge in [-0.25, -0.2) is 9.97 Å². The molecule has 25 heavy (non-hydrogen) atoms. The van der Waals surface area contributed by atoms with Crippen LogP contribution in [0.25, 0.3) is 0 Å². The minimum absolute atomic E-state index is 0.744. The van der Waals surface area contributed by atoms with Crippen molar-refractivity contribution in [2.24, 2.45) is 0 Å². The third-order valence-corrected chi connectivity index (χ3v) is 4.15.